The molecule has 0 bridgehead atoms. The maximum absolute atomic E-state index is 10.9. The van der Waals surface area contributed by atoms with Gasteiger partial charge in [0.05, 0.1) is 6.04 Å². The Kier molecular flexibility index (Phi) is 2.39. The molecule has 0 fully saturated rings. The van der Waals surface area contributed by atoms with Gasteiger partial charge in [-0.25, -0.2) is 0 Å². The number of hydrogen-bond acceptors (Lipinski definition) is 2. The Bertz CT molecular complexity index is 349. The third kappa shape index (κ3) is 1.87. The monoisotopic (exact) mass is 191 g/mol. The summed E-state index contributed by atoms with van der Waals surface area (Å²) in [5.74, 6) is 0.937. The first kappa shape index (κ1) is 9.06. The van der Waals surface area contributed by atoms with E-state index in [0.717, 1.165) is 17.7 Å². The number of hydrogen-bond donors (Lipinski definition) is 1. The highest BCUT2D eigenvalue weighted by Crippen LogP contribution is 2.23. The second-order valence-corrected chi connectivity index (χ2v) is 3.52. The lowest BCUT2D eigenvalue weighted by molar-refractivity contribution is -0.119. The average molecular weight is 191 g/mol. The minimum atomic E-state index is -0.00187. The molecule has 1 heterocycles. The fourth-order valence-electron chi connectivity index (χ4n) is 1.71. The van der Waals surface area contributed by atoms with E-state index in [9.17, 15) is 4.79 Å². The van der Waals surface area contributed by atoms with Crippen molar-refractivity contribution in [3.63, 3.8) is 0 Å². The Labute approximate surface area is 83.1 Å². The van der Waals surface area contributed by atoms with Crippen molar-refractivity contribution in [3.05, 3.63) is 29.8 Å². The number of ether oxygens (including phenoxy) is 1. The molecule has 1 atom stereocenters. The summed E-state index contributed by atoms with van der Waals surface area (Å²) in [6.45, 7) is 2.09. The molecule has 14 heavy (non-hydrogen) atoms. The van der Waals surface area contributed by atoms with Crippen LogP contribution in [0.25, 0.3) is 0 Å². The molecule has 1 aromatic rings. The van der Waals surface area contributed by atoms with E-state index in [-0.39, 0.29) is 11.9 Å². The molecule has 3 nitrogen and oxygen atoms in total. The zero-order valence-electron chi connectivity index (χ0n) is 8.12. The number of carbonyl (C=O) groups excluding carboxylic acids is 1. The number of nitrogens with one attached hydrogen (secondary N) is 1. The third-order valence-corrected chi connectivity index (χ3v) is 2.29. The van der Waals surface area contributed by atoms with Crippen LogP contribution < -0.4 is 10.1 Å². The van der Waals surface area contributed by atoms with E-state index in [4.69, 9.17) is 4.74 Å². The Hall–Kier alpha value is -1.51. The standard InChI is InChI=1S/C11H13NO2/c1-8(13)12-10-6-9-4-2-3-5-11(9)14-7-10/h2-5,10H,6-7H2,1H3,(H,12,13)/t10-/m1/s1. The summed E-state index contributed by atoms with van der Waals surface area (Å²) in [6.07, 6.45) is 0.857. The fourth-order valence-corrected chi connectivity index (χ4v) is 1.71. The molecule has 1 N–H and O–H groups in total. The van der Waals surface area contributed by atoms with Gasteiger partial charge in [-0.1, -0.05) is 18.2 Å². The van der Waals surface area contributed by atoms with Crippen LogP contribution in [0.3, 0.4) is 0 Å². The summed E-state index contributed by atoms with van der Waals surface area (Å²) < 4.78 is 5.52. The number of amides is 1. The minimum absolute atomic E-state index is 0.00187. The molecule has 0 saturated heterocycles. The van der Waals surface area contributed by atoms with E-state index in [1.165, 1.54) is 6.92 Å². The Morgan fingerprint density at radius 1 is 1.50 bits per heavy atom. The molecule has 1 aliphatic rings. The van der Waals surface area contributed by atoms with Gasteiger partial charge in [0.25, 0.3) is 0 Å². The van der Waals surface area contributed by atoms with Crippen molar-refractivity contribution in [2.75, 3.05) is 6.61 Å². The highest BCUT2D eigenvalue weighted by atomic mass is 16.5. The van der Waals surface area contributed by atoms with E-state index < -0.39 is 0 Å². The highest BCUT2D eigenvalue weighted by Gasteiger charge is 2.19. The van der Waals surface area contributed by atoms with Crippen LogP contribution in [0.5, 0.6) is 5.75 Å². The van der Waals surface area contributed by atoms with Gasteiger partial charge >= 0.3 is 0 Å². The van der Waals surface area contributed by atoms with Crippen LogP contribution in [-0.4, -0.2) is 18.6 Å². The Morgan fingerprint density at radius 2 is 2.29 bits per heavy atom. The average Bonchev–Trinajstić information content (AvgIpc) is 2.17. The van der Waals surface area contributed by atoms with Crippen molar-refractivity contribution in [2.24, 2.45) is 0 Å². The molecule has 0 spiro atoms. The molecule has 0 unspecified atom stereocenters. The van der Waals surface area contributed by atoms with E-state index in [2.05, 4.69) is 5.32 Å². The van der Waals surface area contributed by atoms with Crippen molar-refractivity contribution < 1.29 is 9.53 Å². The second-order valence-electron chi connectivity index (χ2n) is 3.52. The fraction of sp³-hybridized carbons (Fsp3) is 0.364. The number of rotatable bonds is 1. The number of para-hydroxylation sites is 1. The van der Waals surface area contributed by atoms with Gasteiger partial charge in [0.2, 0.25) is 5.91 Å². The van der Waals surface area contributed by atoms with E-state index >= 15 is 0 Å². The molecule has 0 aromatic heterocycles. The van der Waals surface area contributed by atoms with Gasteiger partial charge in [-0.15, -0.1) is 0 Å². The van der Waals surface area contributed by atoms with Crippen LogP contribution >= 0.6 is 0 Å². The van der Waals surface area contributed by atoms with Crippen molar-refractivity contribution in [3.8, 4) is 5.75 Å². The smallest absolute Gasteiger partial charge is 0.217 e. The van der Waals surface area contributed by atoms with Crippen molar-refractivity contribution in [1.82, 2.24) is 5.32 Å². The van der Waals surface area contributed by atoms with E-state index in [1.807, 2.05) is 24.3 Å². The lowest BCUT2D eigenvalue weighted by atomic mass is 10.0. The van der Waals surface area contributed by atoms with Crippen molar-refractivity contribution in [2.45, 2.75) is 19.4 Å². The zero-order chi connectivity index (χ0) is 9.97. The molecule has 0 aliphatic carbocycles. The van der Waals surface area contributed by atoms with Gasteiger partial charge in [0, 0.05) is 6.92 Å². The largest absolute Gasteiger partial charge is 0.491 e. The van der Waals surface area contributed by atoms with Crippen molar-refractivity contribution >= 4 is 5.91 Å². The normalized spacial score (nSPS) is 19.4. The Morgan fingerprint density at radius 3 is 3.07 bits per heavy atom. The quantitative estimate of drug-likeness (QED) is 0.722. The molecule has 0 saturated carbocycles. The molecule has 1 amide bonds. The maximum atomic E-state index is 10.9. The van der Waals surface area contributed by atoms with Crippen LogP contribution in [0.1, 0.15) is 12.5 Å². The third-order valence-electron chi connectivity index (χ3n) is 2.29. The molecule has 1 aliphatic heterocycles. The van der Waals surface area contributed by atoms with Gasteiger partial charge < -0.3 is 10.1 Å². The lowest BCUT2D eigenvalue weighted by Gasteiger charge is -2.25. The molecular formula is C11H13NO2. The van der Waals surface area contributed by atoms with Crippen LogP contribution in [0.2, 0.25) is 0 Å². The summed E-state index contributed by atoms with van der Waals surface area (Å²) in [5.41, 5.74) is 1.16. The number of fused-ring (bicyclic) bond motifs is 1. The van der Waals surface area contributed by atoms with Gasteiger partial charge in [-0.2, -0.15) is 0 Å². The highest BCUT2D eigenvalue weighted by molar-refractivity contribution is 5.73. The van der Waals surface area contributed by atoms with Crippen LogP contribution in [0, 0.1) is 0 Å². The minimum Gasteiger partial charge on any atom is -0.491 e. The van der Waals surface area contributed by atoms with Crippen LogP contribution in [0.15, 0.2) is 24.3 Å². The van der Waals surface area contributed by atoms with Crippen molar-refractivity contribution in [1.29, 1.82) is 0 Å². The van der Waals surface area contributed by atoms with Gasteiger partial charge in [0.15, 0.2) is 0 Å². The summed E-state index contributed by atoms with van der Waals surface area (Å²) in [5, 5.41) is 2.86. The molecule has 2 rings (SSSR count). The molecule has 1 aromatic carbocycles. The molecule has 3 heteroatoms. The predicted molar refractivity (Wildman–Crippen MR) is 53.2 cm³/mol. The molecular weight excluding hydrogens is 178 g/mol. The first-order valence-electron chi connectivity index (χ1n) is 4.73. The molecule has 0 radical (unpaired) electrons. The molecule has 74 valence electrons. The number of benzene rings is 1. The van der Waals surface area contributed by atoms with Gasteiger partial charge in [-0.3, -0.25) is 4.79 Å². The SMILES string of the molecule is CC(=O)N[C@H]1COc2ccccc2C1. The maximum Gasteiger partial charge on any atom is 0.217 e. The topological polar surface area (TPSA) is 38.3 Å². The summed E-state index contributed by atoms with van der Waals surface area (Å²) in [6, 6.07) is 8.04. The Balaban J connectivity index is 2.09. The predicted octanol–water partition coefficient (Wildman–Crippen LogP) is 1.13. The van der Waals surface area contributed by atoms with Gasteiger partial charge in [-0.05, 0) is 18.1 Å². The summed E-state index contributed by atoms with van der Waals surface area (Å²) in [7, 11) is 0. The second kappa shape index (κ2) is 3.70. The first-order valence-corrected chi connectivity index (χ1v) is 4.73. The number of carbonyl (C=O) groups is 1. The van der Waals surface area contributed by atoms with Crippen LogP contribution in [-0.2, 0) is 11.2 Å². The van der Waals surface area contributed by atoms with Gasteiger partial charge in [0.1, 0.15) is 12.4 Å². The van der Waals surface area contributed by atoms with E-state index in [1.54, 1.807) is 0 Å². The summed E-state index contributed by atoms with van der Waals surface area (Å²) >= 11 is 0. The lowest BCUT2D eigenvalue weighted by Crippen LogP contribution is -2.41. The zero-order valence-corrected chi connectivity index (χ0v) is 8.12. The van der Waals surface area contributed by atoms with E-state index in [0.29, 0.717) is 6.61 Å². The summed E-state index contributed by atoms with van der Waals surface area (Å²) in [4.78, 5) is 10.9. The first-order chi connectivity index (χ1) is 6.75. The van der Waals surface area contributed by atoms with Crippen LogP contribution in [0.4, 0.5) is 0 Å².